The van der Waals surface area contributed by atoms with Crippen molar-refractivity contribution in [2.75, 3.05) is 6.54 Å². The summed E-state index contributed by atoms with van der Waals surface area (Å²) in [5.41, 5.74) is 2.84. The molecule has 31 heavy (non-hydrogen) atoms. The molecule has 0 fully saturated rings. The Hall–Kier alpha value is -3.27. The van der Waals surface area contributed by atoms with Crippen LogP contribution in [0.2, 0.25) is 0 Å². The Morgan fingerprint density at radius 3 is 1.94 bits per heavy atom. The average Bonchev–Trinajstić information content (AvgIpc) is 2.76. The Morgan fingerprint density at radius 2 is 1.35 bits per heavy atom. The third-order valence-corrected chi connectivity index (χ3v) is 4.71. The third kappa shape index (κ3) is 7.82. The van der Waals surface area contributed by atoms with Gasteiger partial charge in [0.1, 0.15) is 18.0 Å². The molecule has 0 saturated carbocycles. The standard InChI is InChI=1S/C27H31NO3/c1-27(2,3)31-26(29)28(20-23-10-6-4-7-11-23)19-18-22-14-16-25(17-15-22)30-21-24-12-8-5-9-13-24/h4-17H,18-21H2,1-3H3. The van der Waals surface area contributed by atoms with Crippen LogP contribution in [0.3, 0.4) is 0 Å². The third-order valence-electron chi connectivity index (χ3n) is 4.71. The Kier molecular flexibility index (Phi) is 7.71. The highest BCUT2D eigenvalue weighted by molar-refractivity contribution is 5.68. The maximum Gasteiger partial charge on any atom is 0.410 e. The normalized spacial score (nSPS) is 11.1. The fourth-order valence-electron chi connectivity index (χ4n) is 3.12. The lowest BCUT2D eigenvalue weighted by Crippen LogP contribution is -2.37. The van der Waals surface area contributed by atoms with E-state index in [1.165, 1.54) is 0 Å². The number of rotatable bonds is 8. The van der Waals surface area contributed by atoms with Crippen LogP contribution in [0, 0.1) is 0 Å². The van der Waals surface area contributed by atoms with E-state index in [-0.39, 0.29) is 6.09 Å². The Morgan fingerprint density at radius 1 is 0.774 bits per heavy atom. The molecule has 4 heteroatoms. The largest absolute Gasteiger partial charge is 0.489 e. The summed E-state index contributed by atoms with van der Waals surface area (Å²) < 4.78 is 11.5. The number of carbonyl (C=O) groups excluding carboxylic acids is 1. The van der Waals surface area contributed by atoms with E-state index in [9.17, 15) is 4.79 Å². The molecular weight excluding hydrogens is 386 g/mol. The molecule has 0 aliphatic rings. The minimum absolute atomic E-state index is 0.292. The van der Waals surface area contributed by atoms with Gasteiger partial charge in [0, 0.05) is 13.1 Å². The van der Waals surface area contributed by atoms with Gasteiger partial charge in [0.25, 0.3) is 0 Å². The Balaban J connectivity index is 1.58. The lowest BCUT2D eigenvalue weighted by Gasteiger charge is -2.27. The van der Waals surface area contributed by atoms with E-state index in [1.807, 2.05) is 93.6 Å². The first-order chi connectivity index (χ1) is 14.9. The van der Waals surface area contributed by atoms with E-state index in [2.05, 4.69) is 12.1 Å². The topological polar surface area (TPSA) is 38.8 Å². The van der Waals surface area contributed by atoms with Crippen LogP contribution in [-0.4, -0.2) is 23.1 Å². The van der Waals surface area contributed by atoms with Gasteiger partial charge in [-0.25, -0.2) is 4.79 Å². The van der Waals surface area contributed by atoms with E-state index >= 15 is 0 Å². The van der Waals surface area contributed by atoms with E-state index in [0.717, 1.165) is 28.9 Å². The molecule has 0 saturated heterocycles. The first-order valence-corrected chi connectivity index (χ1v) is 10.7. The van der Waals surface area contributed by atoms with Gasteiger partial charge in [-0.2, -0.15) is 0 Å². The lowest BCUT2D eigenvalue weighted by molar-refractivity contribution is 0.0236. The molecule has 162 valence electrons. The number of hydrogen-bond acceptors (Lipinski definition) is 3. The number of carbonyl (C=O) groups is 1. The molecule has 3 aromatic rings. The first-order valence-electron chi connectivity index (χ1n) is 10.7. The van der Waals surface area contributed by atoms with Crippen molar-refractivity contribution in [2.45, 2.75) is 45.9 Å². The number of nitrogens with zero attached hydrogens (tertiary/aromatic N) is 1. The van der Waals surface area contributed by atoms with Gasteiger partial charge in [-0.3, -0.25) is 0 Å². The molecule has 0 aliphatic carbocycles. The second-order valence-corrected chi connectivity index (χ2v) is 8.56. The molecule has 0 heterocycles. The van der Waals surface area contributed by atoms with E-state index in [1.54, 1.807) is 4.90 Å². The maximum atomic E-state index is 12.7. The van der Waals surface area contributed by atoms with Crippen molar-refractivity contribution < 1.29 is 14.3 Å². The van der Waals surface area contributed by atoms with Gasteiger partial charge in [0.2, 0.25) is 0 Å². The molecule has 3 aromatic carbocycles. The predicted octanol–water partition coefficient (Wildman–Crippen LogP) is 6.25. The number of hydrogen-bond donors (Lipinski definition) is 0. The maximum absolute atomic E-state index is 12.7. The van der Waals surface area contributed by atoms with Crippen LogP contribution in [0.4, 0.5) is 4.79 Å². The summed E-state index contributed by atoms with van der Waals surface area (Å²) in [7, 11) is 0. The molecule has 0 N–H and O–H groups in total. The summed E-state index contributed by atoms with van der Waals surface area (Å²) in [6.45, 7) is 7.31. The Bertz CT molecular complexity index is 932. The fourth-order valence-corrected chi connectivity index (χ4v) is 3.12. The molecule has 4 nitrogen and oxygen atoms in total. The molecule has 0 atom stereocenters. The summed E-state index contributed by atoms with van der Waals surface area (Å²) in [6.07, 6.45) is 0.449. The van der Waals surface area contributed by atoms with Gasteiger partial charge in [0.05, 0.1) is 0 Å². The smallest absolute Gasteiger partial charge is 0.410 e. The molecule has 0 radical (unpaired) electrons. The highest BCUT2D eigenvalue weighted by atomic mass is 16.6. The quantitative estimate of drug-likeness (QED) is 0.435. The van der Waals surface area contributed by atoms with Crippen molar-refractivity contribution in [3.63, 3.8) is 0 Å². The van der Waals surface area contributed by atoms with Crippen molar-refractivity contribution >= 4 is 6.09 Å². The van der Waals surface area contributed by atoms with Gasteiger partial charge < -0.3 is 14.4 Å². The molecule has 0 bridgehead atoms. The fraction of sp³-hybridized carbons (Fsp3) is 0.296. The van der Waals surface area contributed by atoms with Gasteiger partial charge >= 0.3 is 6.09 Å². The van der Waals surface area contributed by atoms with Gasteiger partial charge in [-0.05, 0) is 56.0 Å². The molecule has 0 aliphatic heterocycles. The van der Waals surface area contributed by atoms with Crippen molar-refractivity contribution in [2.24, 2.45) is 0 Å². The number of ether oxygens (including phenoxy) is 2. The van der Waals surface area contributed by atoms with Crippen molar-refractivity contribution in [1.82, 2.24) is 4.90 Å². The zero-order valence-corrected chi connectivity index (χ0v) is 18.6. The lowest BCUT2D eigenvalue weighted by atomic mass is 10.1. The van der Waals surface area contributed by atoms with Crippen LogP contribution in [0.15, 0.2) is 84.9 Å². The SMILES string of the molecule is CC(C)(C)OC(=O)N(CCc1ccc(OCc2ccccc2)cc1)Cc1ccccc1. The van der Waals surface area contributed by atoms with E-state index < -0.39 is 5.60 Å². The number of benzene rings is 3. The molecule has 1 amide bonds. The highest BCUT2D eigenvalue weighted by Crippen LogP contribution is 2.17. The second-order valence-electron chi connectivity index (χ2n) is 8.56. The summed E-state index contributed by atoms with van der Waals surface area (Å²) in [5, 5.41) is 0. The van der Waals surface area contributed by atoms with Gasteiger partial charge in [-0.1, -0.05) is 72.8 Å². The van der Waals surface area contributed by atoms with Crippen molar-refractivity contribution in [3.8, 4) is 5.75 Å². The van der Waals surface area contributed by atoms with E-state index in [4.69, 9.17) is 9.47 Å². The summed E-state index contributed by atoms with van der Waals surface area (Å²) in [5.74, 6) is 0.834. The van der Waals surface area contributed by atoms with Crippen molar-refractivity contribution in [1.29, 1.82) is 0 Å². The van der Waals surface area contributed by atoms with Crippen LogP contribution in [0.1, 0.15) is 37.5 Å². The van der Waals surface area contributed by atoms with Crippen LogP contribution >= 0.6 is 0 Å². The zero-order valence-electron chi connectivity index (χ0n) is 18.6. The monoisotopic (exact) mass is 417 g/mol. The Labute approximate surface area is 185 Å². The minimum Gasteiger partial charge on any atom is -0.489 e. The number of amides is 1. The second kappa shape index (κ2) is 10.7. The summed E-state index contributed by atoms with van der Waals surface area (Å²) in [4.78, 5) is 14.5. The zero-order chi connectivity index (χ0) is 22.1. The molecule has 0 aromatic heterocycles. The van der Waals surface area contributed by atoms with Gasteiger partial charge in [0.15, 0.2) is 0 Å². The first kappa shape index (κ1) is 22.4. The van der Waals surface area contributed by atoms with Crippen molar-refractivity contribution in [3.05, 3.63) is 102 Å². The average molecular weight is 418 g/mol. The van der Waals surface area contributed by atoms with Crippen LogP contribution in [0.5, 0.6) is 5.75 Å². The van der Waals surface area contributed by atoms with Crippen LogP contribution < -0.4 is 4.74 Å². The molecule has 0 unspecified atom stereocenters. The highest BCUT2D eigenvalue weighted by Gasteiger charge is 2.22. The summed E-state index contributed by atoms with van der Waals surface area (Å²) >= 11 is 0. The molecule has 0 spiro atoms. The predicted molar refractivity (Wildman–Crippen MR) is 124 cm³/mol. The minimum atomic E-state index is -0.524. The molecular formula is C27H31NO3. The summed E-state index contributed by atoms with van der Waals surface area (Å²) in [6, 6.07) is 28.2. The van der Waals surface area contributed by atoms with Crippen LogP contribution in [0.25, 0.3) is 0 Å². The van der Waals surface area contributed by atoms with Gasteiger partial charge in [-0.15, -0.1) is 0 Å². The molecule has 3 rings (SSSR count). The van der Waals surface area contributed by atoms with Crippen LogP contribution in [-0.2, 0) is 24.3 Å². The van der Waals surface area contributed by atoms with E-state index in [0.29, 0.717) is 19.7 Å².